The maximum Gasteiger partial charge on any atom is 0.331 e. The van der Waals surface area contributed by atoms with E-state index in [1.807, 2.05) is 13.8 Å². The molecule has 1 heterocycles. The van der Waals surface area contributed by atoms with Gasteiger partial charge in [-0.2, -0.15) is 4.98 Å². The summed E-state index contributed by atoms with van der Waals surface area (Å²) in [7, 11) is 1.26. The number of carbonyl (C=O) groups excluding carboxylic acids is 1. The summed E-state index contributed by atoms with van der Waals surface area (Å²) in [6.07, 6.45) is 1.67. The molecule has 22 heavy (non-hydrogen) atoms. The van der Waals surface area contributed by atoms with Gasteiger partial charge in [-0.3, -0.25) is 10.1 Å². The SMILES string of the molecule is CCC(C)N(c1nc(Cl)ncc1[N+](=O)[O-])C(C)(C)C(=O)OC. The van der Waals surface area contributed by atoms with Crippen molar-refractivity contribution in [2.24, 2.45) is 0 Å². The third-order valence-corrected chi connectivity index (χ3v) is 3.65. The third kappa shape index (κ3) is 3.44. The normalized spacial score (nSPS) is 12.6. The van der Waals surface area contributed by atoms with Crippen molar-refractivity contribution in [1.29, 1.82) is 0 Å². The Kier molecular flexibility index (Phi) is 5.65. The lowest BCUT2D eigenvalue weighted by Gasteiger charge is -2.40. The number of esters is 1. The fourth-order valence-electron chi connectivity index (χ4n) is 2.21. The molecular weight excluding hydrogens is 312 g/mol. The number of aromatic nitrogens is 2. The van der Waals surface area contributed by atoms with Gasteiger partial charge in [0.25, 0.3) is 0 Å². The van der Waals surface area contributed by atoms with E-state index in [0.29, 0.717) is 6.42 Å². The molecule has 1 aromatic rings. The number of anilines is 1. The Hall–Kier alpha value is -1.96. The number of halogens is 1. The second kappa shape index (κ2) is 6.87. The monoisotopic (exact) mass is 330 g/mol. The molecule has 9 heteroatoms. The van der Waals surface area contributed by atoms with E-state index >= 15 is 0 Å². The Balaban J connectivity index is 3.57. The standard InChI is InChI=1S/C13H19ClN4O4/c1-6-8(2)17(13(3,4)11(19)22-5)10-9(18(20)21)7-15-12(14)16-10/h7-8H,6H2,1-5H3. The van der Waals surface area contributed by atoms with Crippen molar-refractivity contribution in [2.45, 2.75) is 45.7 Å². The van der Waals surface area contributed by atoms with Gasteiger partial charge >= 0.3 is 11.7 Å². The van der Waals surface area contributed by atoms with Crippen molar-refractivity contribution in [2.75, 3.05) is 12.0 Å². The van der Waals surface area contributed by atoms with Crippen LogP contribution in [-0.2, 0) is 9.53 Å². The van der Waals surface area contributed by atoms with Crippen LogP contribution in [-0.4, -0.2) is 39.6 Å². The van der Waals surface area contributed by atoms with E-state index < -0.39 is 16.4 Å². The highest BCUT2D eigenvalue weighted by Gasteiger charge is 2.42. The summed E-state index contributed by atoms with van der Waals surface area (Å²) in [6.45, 7) is 6.97. The van der Waals surface area contributed by atoms with Gasteiger partial charge in [0.05, 0.1) is 12.0 Å². The highest BCUT2D eigenvalue weighted by molar-refractivity contribution is 6.28. The van der Waals surface area contributed by atoms with Gasteiger partial charge in [0, 0.05) is 6.04 Å². The molecule has 1 atom stereocenters. The molecule has 0 aliphatic carbocycles. The Morgan fingerprint density at radius 2 is 2.18 bits per heavy atom. The predicted octanol–water partition coefficient (Wildman–Crippen LogP) is 2.59. The zero-order valence-corrected chi connectivity index (χ0v) is 13.9. The van der Waals surface area contributed by atoms with Crippen LogP contribution in [0.4, 0.5) is 11.5 Å². The van der Waals surface area contributed by atoms with Crippen molar-refractivity contribution in [3.05, 3.63) is 21.6 Å². The first kappa shape index (κ1) is 18.1. The van der Waals surface area contributed by atoms with Gasteiger partial charge in [0.1, 0.15) is 11.7 Å². The average Bonchev–Trinajstić information content (AvgIpc) is 2.45. The lowest BCUT2D eigenvalue weighted by atomic mass is 9.99. The summed E-state index contributed by atoms with van der Waals surface area (Å²) in [5.41, 5.74) is -1.48. The molecule has 1 rings (SSSR count). The molecule has 0 saturated carbocycles. The van der Waals surface area contributed by atoms with Gasteiger partial charge in [0.15, 0.2) is 0 Å². The van der Waals surface area contributed by atoms with Crippen molar-refractivity contribution < 1.29 is 14.5 Å². The van der Waals surface area contributed by atoms with Crippen LogP contribution >= 0.6 is 11.6 Å². The lowest BCUT2D eigenvalue weighted by molar-refractivity contribution is -0.384. The fourth-order valence-corrected chi connectivity index (χ4v) is 2.34. The van der Waals surface area contributed by atoms with E-state index in [2.05, 4.69) is 9.97 Å². The number of methoxy groups -OCH3 is 1. The molecule has 0 radical (unpaired) electrons. The number of nitro groups is 1. The van der Waals surface area contributed by atoms with Crippen LogP contribution in [0.2, 0.25) is 5.28 Å². The smallest absolute Gasteiger partial charge is 0.331 e. The third-order valence-electron chi connectivity index (χ3n) is 3.46. The van der Waals surface area contributed by atoms with E-state index in [0.717, 1.165) is 6.20 Å². The molecule has 0 fully saturated rings. The number of ether oxygens (including phenoxy) is 1. The minimum atomic E-state index is -1.16. The largest absolute Gasteiger partial charge is 0.467 e. The minimum Gasteiger partial charge on any atom is -0.467 e. The zero-order chi connectivity index (χ0) is 17.1. The Morgan fingerprint density at radius 3 is 2.64 bits per heavy atom. The molecule has 0 saturated heterocycles. The summed E-state index contributed by atoms with van der Waals surface area (Å²) in [5, 5.41) is 11.1. The van der Waals surface area contributed by atoms with Crippen molar-refractivity contribution in [3.8, 4) is 0 Å². The van der Waals surface area contributed by atoms with Gasteiger partial charge in [-0.05, 0) is 38.8 Å². The molecule has 1 aromatic heterocycles. The Bertz CT molecular complexity index is 579. The van der Waals surface area contributed by atoms with Crippen LogP contribution in [0.25, 0.3) is 0 Å². The van der Waals surface area contributed by atoms with Gasteiger partial charge in [0.2, 0.25) is 11.1 Å². The fraction of sp³-hybridized carbons (Fsp3) is 0.615. The second-order valence-corrected chi connectivity index (χ2v) is 5.62. The first-order chi connectivity index (χ1) is 10.2. The molecule has 0 aliphatic rings. The molecular formula is C13H19ClN4O4. The number of nitrogens with zero attached hydrogens (tertiary/aromatic N) is 4. The summed E-state index contributed by atoms with van der Waals surface area (Å²) < 4.78 is 4.82. The maximum atomic E-state index is 12.1. The van der Waals surface area contributed by atoms with Crippen LogP contribution in [0.15, 0.2) is 6.20 Å². The molecule has 122 valence electrons. The summed E-state index contributed by atoms with van der Waals surface area (Å²) >= 11 is 5.79. The average molecular weight is 331 g/mol. The molecule has 0 aliphatic heterocycles. The highest BCUT2D eigenvalue weighted by atomic mass is 35.5. The van der Waals surface area contributed by atoms with Crippen LogP contribution in [0.3, 0.4) is 0 Å². The molecule has 0 bridgehead atoms. The molecule has 0 aromatic carbocycles. The Labute approximate surface area is 133 Å². The number of rotatable bonds is 6. The predicted molar refractivity (Wildman–Crippen MR) is 82.0 cm³/mol. The highest BCUT2D eigenvalue weighted by Crippen LogP contribution is 2.34. The lowest BCUT2D eigenvalue weighted by Crippen LogP contribution is -2.55. The van der Waals surface area contributed by atoms with E-state index in [1.165, 1.54) is 7.11 Å². The van der Waals surface area contributed by atoms with Crippen LogP contribution in [0, 0.1) is 10.1 Å². The van der Waals surface area contributed by atoms with E-state index in [4.69, 9.17) is 16.3 Å². The van der Waals surface area contributed by atoms with Gasteiger partial charge in [-0.15, -0.1) is 0 Å². The summed E-state index contributed by atoms with van der Waals surface area (Å²) in [4.78, 5) is 31.9. The van der Waals surface area contributed by atoms with Gasteiger partial charge < -0.3 is 9.64 Å². The van der Waals surface area contributed by atoms with E-state index in [9.17, 15) is 14.9 Å². The van der Waals surface area contributed by atoms with Crippen LogP contribution in [0.5, 0.6) is 0 Å². The van der Waals surface area contributed by atoms with E-state index in [-0.39, 0.29) is 22.8 Å². The van der Waals surface area contributed by atoms with Gasteiger partial charge in [-0.1, -0.05) is 6.92 Å². The summed E-state index contributed by atoms with van der Waals surface area (Å²) in [5.74, 6) is -0.536. The van der Waals surface area contributed by atoms with Gasteiger partial charge in [-0.25, -0.2) is 9.78 Å². The zero-order valence-electron chi connectivity index (χ0n) is 13.2. The van der Waals surface area contributed by atoms with Crippen LogP contribution in [0.1, 0.15) is 34.1 Å². The van der Waals surface area contributed by atoms with Crippen molar-refractivity contribution in [3.63, 3.8) is 0 Å². The molecule has 0 spiro atoms. The maximum absolute atomic E-state index is 12.1. The minimum absolute atomic E-state index is 0.00486. The number of hydrogen-bond acceptors (Lipinski definition) is 7. The molecule has 0 amide bonds. The quantitative estimate of drug-likeness (QED) is 0.342. The van der Waals surface area contributed by atoms with Crippen molar-refractivity contribution in [1.82, 2.24) is 9.97 Å². The first-order valence-electron chi connectivity index (χ1n) is 6.71. The summed E-state index contributed by atoms with van der Waals surface area (Å²) in [6, 6.07) is -0.209. The molecule has 8 nitrogen and oxygen atoms in total. The first-order valence-corrected chi connectivity index (χ1v) is 7.09. The van der Waals surface area contributed by atoms with E-state index in [1.54, 1.807) is 18.7 Å². The topological polar surface area (TPSA) is 98.5 Å². The number of hydrogen-bond donors (Lipinski definition) is 0. The van der Waals surface area contributed by atoms with Crippen LogP contribution < -0.4 is 4.90 Å². The second-order valence-electron chi connectivity index (χ2n) is 5.28. The molecule has 1 unspecified atom stereocenters. The van der Waals surface area contributed by atoms with Crippen molar-refractivity contribution >= 4 is 29.1 Å². The Morgan fingerprint density at radius 1 is 1.59 bits per heavy atom. The number of carbonyl (C=O) groups is 1. The molecule has 0 N–H and O–H groups in total.